The van der Waals surface area contributed by atoms with Crippen LogP contribution in [0.15, 0.2) is 41.2 Å². The summed E-state index contributed by atoms with van der Waals surface area (Å²) in [6.45, 7) is 4.73. The van der Waals surface area contributed by atoms with Crippen molar-refractivity contribution in [3.63, 3.8) is 0 Å². The van der Waals surface area contributed by atoms with Gasteiger partial charge in [-0.05, 0) is 30.7 Å². The van der Waals surface area contributed by atoms with Gasteiger partial charge in [-0.3, -0.25) is 0 Å². The van der Waals surface area contributed by atoms with E-state index in [1.807, 2.05) is 24.3 Å². The molecular formula is C14H17ClN4. The first-order chi connectivity index (χ1) is 9.28. The Morgan fingerprint density at radius 1 is 1.32 bits per heavy atom. The number of halogens is 1. The summed E-state index contributed by atoms with van der Waals surface area (Å²) in [7, 11) is 0. The van der Waals surface area contributed by atoms with Crippen LogP contribution in [0.25, 0.3) is 0 Å². The van der Waals surface area contributed by atoms with Crippen LogP contribution in [0.1, 0.15) is 13.3 Å². The molecule has 2 aliphatic rings. The van der Waals surface area contributed by atoms with E-state index in [-0.39, 0.29) is 0 Å². The highest BCUT2D eigenvalue weighted by Gasteiger charge is 2.27. The van der Waals surface area contributed by atoms with Gasteiger partial charge in [0.05, 0.1) is 12.4 Å². The fourth-order valence-corrected chi connectivity index (χ4v) is 2.54. The second-order valence-electron chi connectivity index (χ2n) is 4.72. The minimum absolute atomic E-state index is 0.658. The fraction of sp³-hybridized carbons (Fsp3) is 0.357. The largest absolute Gasteiger partial charge is 0.362 e. The SMILES string of the molecule is CCCN1C=C2NCN=C2N(c2ccc(Cl)cc2)C1. The Hall–Kier alpha value is -1.68. The van der Waals surface area contributed by atoms with Gasteiger partial charge < -0.3 is 15.1 Å². The van der Waals surface area contributed by atoms with Gasteiger partial charge in [-0.25, -0.2) is 4.99 Å². The Kier molecular flexibility index (Phi) is 3.34. The van der Waals surface area contributed by atoms with Crippen LogP contribution in [0.4, 0.5) is 5.69 Å². The average Bonchev–Trinajstić information content (AvgIpc) is 2.87. The summed E-state index contributed by atoms with van der Waals surface area (Å²) >= 11 is 5.96. The summed E-state index contributed by atoms with van der Waals surface area (Å²) in [5, 5.41) is 4.06. The van der Waals surface area contributed by atoms with Gasteiger partial charge in [0.2, 0.25) is 0 Å². The summed E-state index contributed by atoms with van der Waals surface area (Å²) in [5.74, 6) is 1.02. The third kappa shape index (κ3) is 2.40. The predicted octanol–water partition coefficient (Wildman–Crippen LogP) is 2.63. The van der Waals surface area contributed by atoms with E-state index in [0.29, 0.717) is 6.67 Å². The van der Waals surface area contributed by atoms with Crippen molar-refractivity contribution in [2.24, 2.45) is 4.99 Å². The van der Waals surface area contributed by atoms with E-state index < -0.39 is 0 Å². The maximum atomic E-state index is 5.96. The minimum Gasteiger partial charge on any atom is -0.362 e. The van der Waals surface area contributed by atoms with Gasteiger partial charge in [0, 0.05) is 23.5 Å². The summed E-state index contributed by atoms with van der Waals surface area (Å²) < 4.78 is 0. The van der Waals surface area contributed by atoms with Crippen LogP contribution in [-0.2, 0) is 0 Å². The van der Waals surface area contributed by atoms with Crippen LogP contribution in [0.5, 0.6) is 0 Å². The first-order valence-electron chi connectivity index (χ1n) is 6.55. The third-order valence-electron chi connectivity index (χ3n) is 3.28. The van der Waals surface area contributed by atoms with E-state index in [4.69, 9.17) is 11.6 Å². The van der Waals surface area contributed by atoms with E-state index in [0.717, 1.165) is 41.9 Å². The number of hydrogen-bond donors (Lipinski definition) is 1. The highest BCUT2D eigenvalue weighted by atomic mass is 35.5. The number of nitrogens with zero attached hydrogens (tertiary/aromatic N) is 3. The van der Waals surface area contributed by atoms with Crippen molar-refractivity contribution < 1.29 is 0 Å². The molecule has 1 aromatic rings. The zero-order valence-corrected chi connectivity index (χ0v) is 11.7. The molecule has 0 fully saturated rings. The second kappa shape index (κ2) is 5.13. The molecule has 0 atom stereocenters. The normalized spacial score (nSPS) is 17.8. The number of rotatable bonds is 3. The summed E-state index contributed by atoms with van der Waals surface area (Å²) in [5.41, 5.74) is 2.23. The number of nitrogens with one attached hydrogen (secondary N) is 1. The molecule has 0 spiro atoms. The average molecular weight is 277 g/mol. The van der Waals surface area contributed by atoms with Gasteiger partial charge in [-0.1, -0.05) is 18.5 Å². The molecule has 2 aliphatic heterocycles. The van der Waals surface area contributed by atoms with E-state index in [1.54, 1.807) is 0 Å². The van der Waals surface area contributed by atoms with Gasteiger partial charge in [-0.2, -0.15) is 0 Å². The molecule has 1 aromatic carbocycles. The van der Waals surface area contributed by atoms with Gasteiger partial charge >= 0.3 is 0 Å². The smallest absolute Gasteiger partial charge is 0.156 e. The Morgan fingerprint density at radius 3 is 2.84 bits per heavy atom. The lowest BCUT2D eigenvalue weighted by molar-refractivity contribution is 0.377. The molecular weight excluding hydrogens is 260 g/mol. The lowest BCUT2D eigenvalue weighted by Crippen LogP contribution is -2.45. The van der Waals surface area contributed by atoms with Gasteiger partial charge in [0.15, 0.2) is 5.84 Å². The van der Waals surface area contributed by atoms with Crippen LogP contribution in [0.2, 0.25) is 5.02 Å². The molecule has 5 heteroatoms. The van der Waals surface area contributed by atoms with Crippen LogP contribution in [0, 0.1) is 0 Å². The Bertz CT molecular complexity index is 521. The number of anilines is 1. The van der Waals surface area contributed by atoms with Crippen LogP contribution in [-0.4, -0.2) is 30.6 Å². The molecule has 0 aliphatic carbocycles. The molecule has 1 N–H and O–H groups in total. The lowest BCUT2D eigenvalue weighted by Gasteiger charge is -2.35. The molecule has 0 unspecified atom stereocenters. The number of amidine groups is 1. The van der Waals surface area contributed by atoms with Crippen molar-refractivity contribution in [3.8, 4) is 0 Å². The van der Waals surface area contributed by atoms with Gasteiger partial charge in [0.1, 0.15) is 6.67 Å². The summed E-state index contributed by atoms with van der Waals surface area (Å²) in [6, 6.07) is 7.91. The highest BCUT2D eigenvalue weighted by Crippen LogP contribution is 2.24. The van der Waals surface area contributed by atoms with E-state index in [1.165, 1.54) is 0 Å². The number of fused-ring (bicyclic) bond motifs is 1. The standard InChI is InChI=1S/C14H17ClN4/c1-2-7-18-8-13-14(17-9-16-13)19(10-18)12-5-3-11(15)4-6-12/h3-6,8,16H,2,7,9-10H2,1H3. The van der Waals surface area contributed by atoms with Crippen molar-refractivity contribution in [2.45, 2.75) is 13.3 Å². The maximum Gasteiger partial charge on any atom is 0.156 e. The van der Waals surface area contributed by atoms with Gasteiger partial charge in [0.25, 0.3) is 0 Å². The molecule has 100 valence electrons. The number of aliphatic imine (C=N–C) groups is 1. The second-order valence-corrected chi connectivity index (χ2v) is 5.15. The number of hydrogen-bond acceptors (Lipinski definition) is 4. The maximum absolute atomic E-state index is 5.96. The minimum atomic E-state index is 0.658. The van der Waals surface area contributed by atoms with Crippen molar-refractivity contribution >= 4 is 23.1 Å². The Balaban J connectivity index is 1.92. The summed E-state index contributed by atoms with van der Waals surface area (Å²) in [6.07, 6.45) is 3.30. The fourth-order valence-electron chi connectivity index (χ4n) is 2.42. The lowest BCUT2D eigenvalue weighted by atomic mass is 10.2. The van der Waals surface area contributed by atoms with E-state index >= 15 is 0 Å². The van der Waals surface area contributed by atoms with Crippen LogP contribution < -0.4 is 10.2 Å². The molecule has 2 heterocycles. The molecule has 0 bridgehead atoms. The molecule has 4 nitrogen and oxygen atoms in total. The van der Waals surface area contributed by atoms with Crippen molar-refractivity contribution in [1.29, 1.82) is 0 Å². The molecule has 0 saturated heterocycles. The van der Waals surface area contributed by atoms with Crippen molar-refractivity contribution in [1.82, 2.24) is 10.2 Å². The molecule has 0 amide bonds. The molecule has 0 radical (unpaired) electrons. The molecule has 3 rings (SSSR count). The third-order valence-corrected chi connectivity index (χ3v) is 3.53. The quantitative estimate of drug-likeness (QED) is 0.921. The topological polar surface area (TPSA) is 30.9 Å². The first-order valence-corrected chi connectivity index (χ1v) is 6.93. The van der Waals surface area contributed by atoms with E-state index in [9.17, 15) is 0 Å². The predicted molar refractivity (Wildman–Crippen MR) is 79.3 cm³/mol. The van der Waals surface area contributed by atoms with E-state index in [2.05, 4.69) is 33.2 Å². The first kappa shape index (κ1) is 12.4. The Labute approximate surface area is 118 Å². The van der Waals surface area contributed by atoms with Crippen LogP contribution >= 0.6 is 11.6 Å². The molecule has 0 aromatic heterocycles. The van der Waals surface area contributed by atoms with Crippen molar-refractivity contribution in [3.05, 3.63) is 41.2 Å². The van der Waals surface area contributed by atoms with Crippen molar-refractivity contribution in [2.75, 3.05) is 24.8 Å². The number of benzene rings is 1. The monoisotopic (exact) mass is 276 g/mol. The zero-order valence-electron chi connectivity index (χ0n) is 10.9. The molecule has 19 heavy (non-hydrogen) atoms. The van der Waals surface area contributed by atoms with Gasteiger partial charge in [-0.15, -0.1) is 0 Å². The highest BCUT2D eigenvalue weighted by molar-refractivity contribution is 6.30. The summed E-state index contributed by atoms with van der Waals surface area (Å²) in [4.78, 5) is 9.07. The zero-order chi connectivity index (χ0) is 13.2. The molecule has 0 saturated carbocycles. The Morgan fingerprint density at radius 2 is 2.11 bits per heavy atom. The van der Waals surface area contributed by atoms with Crippen LogP contribution in [0.3, 0.4) is 0 Å².